The van der Waals surface area contributed by atoms with Gasteiger partial charge in [-0.25, -0.2) is 4.79 Å². The van der Waals surface area contributed by atoms with Crippen molar-refractivity contribution in [2.75, 3.05) is 13.2 Å². The van der Waals surface area contributed by atoms with Crippen LogP contribution in [0.4, 0.5) is 4.79 Å². The zero-order valence-corrected chi connectivity index (χ0v) is 16.0. The molecule has 0 spiro atoms. The summed E-state index contributed by atoms with van der Waals surface area (Å²) >= 11 is 0. The second-order valence-corrected chi connectivity index (χ2v) is 7.60. The number of primary amides is 1. The molecule has 1 aliphatic heterocycles. The van der Waals surface area contributed by atoms with E-state index in [-0.39, 0.29) is 24.2 Å². The largest absolute Gasteiger partial charge is 0.410 e. The van der Waals surface area contributed by atoms with E-state index >= 15 is 0 Å². The molecule has 1 aromatic heterocycles. The van der Waals surface area contributed by atoms with Crippen LogP contribution in [-0.2, 0) is 9.59 Å². The van der Waals surface area contributed by atoms with Gasteiger partial charge in [0.1, 0.15) is 6.04 Å². The summed E-state index contributed by atoms with van der Waals surface area (Å²) in [5.74, 6) is -0.696. The Morgan fingerprint density at radius 1 is 1.31 bits per heavy atom. The number of aliphatic hydroxyl groups is 1. The van der Waals surface area contributed by atoms with Gasteiger partial charge in [0.25, 0.3) is 5.56 Å². The minimum absolute atomic E-state index is 0.0836. The quantitative estimate of drug-likeness (QED) is 0.440. The van der Waals surface area contributed by atoms with Gasteiger partial charge >= 0.3 is 6.09 Å². The van der Waals surface area contributed by atoms with Crippen LogP contribution in [-0.4, -0.2) is 46.8 Å². The van der Waals surface area contributed by atoms with Crippen molar-refractivity contribution >= 4 is 17.9 Å². The second-order valence-electron chi connectivity index (χ2n) is 7.60. The molecule has 1 aliphatic carbocycles. The van der Waals surface area contributed by atoms with Crippen molar-refractivity contribution in [3.63, 3.8) is 0 Å². The number of amides is 3. The number of nitrogens with one attached hydrogen (secondary N) is 2. The van der Waals surface area contributed by atoms with Crippen LogP contribution in [0, 0.1) is 11.8 Å². The summed E-state index contributed by atoms with van der Waals surface area (Å²) in [5, 5.41) is 15.2. The van der Waals surface area contributed by atoms with Crippen LogP contribution >= 0.6 is 0 Å². The summed E-state index contributed by atoms with van der Waals surface area (Å²) in [6.07, 6.45) is 3.73. The van der Waals surface area contributed by atoms with E-state index in [4.69, 9.17) is 10.5 Å². The number of hydrogen-bond donors (Lipinski definition) is 4. The number of carbonyl (C=O) groups excluding carboxylic acids is 3. The molecule has 158 valence electrons. The van der Waals surface area contributed by atoms with Gasteiger partial charge in [0.2, 0.25) is 11.8 Å². The summed E-state index contributed by atoms with van der Waals surface area (Å²) in [4.78, 5) is 48.5. The number of rotatable bonds is 9. The molecule has 2 heterocycles. The van der Waals surface area contributed by atoms with Crippen LogP contribution in [0.2, 0.25) is 0 Å². The molecule has 5 N–H and O–H groups in total. The minimum Gasteiger partial charge on any atom is -0.405 e. The number of pyridine rings is 1. The van der Waals surface area contributed by atoms with Gasteiger partial charge in [-0.3, -0.25) is 19.0 Å². The number of aromatic nitrogens is 1. The molecular weight excluding hydrogens is 380 g/mol. The van der Waals surface area contributed by atoms with Crippen LogP contribution in [0.25, 0.3) is 0 Å². The Balaban J connectivity index is 1.77. The topological polar surface area (TPSA) is 153 Å². The van der Waals surface area contributed by atoms with Crippen molar-refractivity contribution in [3.8, 4) is 5.75 Å². The van der Waals surface area contributed by atoms with E-state index in [0.717, 1.165) is 12.8 Å². The lowest BCUT2D eigenvalue weighted by Gasteiger charge is -2.24. The first-order valence-corrected chi connectivity index (χ1v) is 9.76. The van der Waals surface area contributed by atoms with Crippen LogP contribution in [0.15, 0.2) is 23.1 Å². The van der Waals surface area contributed by atoms with Crippen LogP contribution < -0.4 is 26.7 Å². The maximum atomic E-state index is 13.0. The van der Waals surface area contributed by atoms with Crippen molar-refractivity contribution < 1.29 is 24.2 Å². The lowest BCUT2D eigenvalue weighted by Crippen LogP contribution is -2.45. The predicted octanol–water partition coefficient (Wildman–Crippen LogP) is -0.350. The molecule has 0 radical (unpaired) electrons. The highest BCUT2D eigenvalue weighted by Crippen LogP contribution is 2.36. The average Bonchev–Trinajstić information content (AvgIpc) is 3.42. The highest BCUT2D eigenvalue weighted by molar-refractivity contribution is 5.82. The molecule has 2 aliphatic rings. The number of nitrogens with two attached hydrogens (primary N) is 1. The second kappa shape index (κ2) is 9.08. The molecule has 10 nitrogen and oxygen atoms in total. The van der Waals surface area contributed by atoms with Crippen molar-refractivity contribution in [2.24, 2.45) is 17.6 Å². The van der Waals surface area contributed by atoms with E-state index in [9.17, 15) is 24.3 Å². The molecule has 1 aromatic rings. The molecule has 3 rings (SSSR count). The van der Waals surface area contributed by atoms with E-state index in [1.54, 1.807) is 0 Å². The molecule has 1 saturated heterocycles. The summed E-state index contributed by atoms with van der Waals surface area (Å²) in [5.41, 5.74) is 4.36. The number of hydrogen-bond acceptors (Lipinski definition) is 6. The van der Waals surface area contributed by atoms with Gasteiger partial charge in [-0.05, 0) is 37.3 Å². The third kappa shape index (κ3) is 5.35. The average molecular weight is 406 g/mol. The van der Waals surface area contributed by atoms with E-state index in [2.05, 4.69) is 10.6 Å². The number of nitrogens with zero attached hydrogens (tertiary/aromatic N) is 1. The summed E-state index contributed by atoms with van der Waals surface area (Å²) in [6.45, 7) is 0.271. The van der Waals surface area contributed by atoms with E-state index < -0.39 is 29.6 Å². The van der Waals surface area contributed by atoms with Crippen LogP contribution in [0.5, 0.6) is 5.75 Å². The van der Waals surface area contributed by atoms with Gasteiger partial charge in [0, 0.05) is 18.7 Å². The summed E-state index contributed by atoms with van der Waals surface area (Å²) in [6, 6.07) is 1.39. The third-order valence-electron chi connectivity index (χ3n) is 5.34. The van der Waals surface area contributed by atoms with Crippen LogP contribution in [0.1, 0.15) is 38.1 Å². The minimum atomic E-state index is -1.11. The van der Waals surface area contributed by atoms with Gasteiger partial charge in [-0.2, -0.15) is 0 Å². The first-order chi connectivity index (χ1) is 13.9. The molecule has 0 bridgehead atoms. The Kier molecular flexibility index (Phi) is 6.53. The smallest absolute Gasteiger partial charge is 0.405 e. The number of ether oxygens (including phenoxy) is 1. The Bertz CT molecular complexity index is 834. The van der Waals surface area contributed by atoms with Gasteiger partial charge in [-0.15, -0.1) is 0 Å². The molecule has 1 saturated carbocycles. The maximum Gasteiger partial charge on any atom is 0.410 e. The number of carbonyl (C=O) groups is 3. The van der Waals surface area contributed by atoms with Gasteiger partial charge < -0.3 is 26.2 Å². The molecule has 3 atom stereocenters. The normalized spacial score (nSPS) is 20.6. The summed E-state index contributed by atoms with van der Waals surface area (Å²) in [7, 11) is 0. The molecule has 2 fully saturated rings. The maximum absolute atomic E-state index is 13.0. The highest BCUT2D eigenvalue weighted by Gasteiger charge is 2.33. The molecule has 3 amide bonds. The van der Waals surface area contributed by atoms with E-state index in [0.29, 0.717) is 31.7 Å². The van der Waals surface area contributed by atoms with Gasteiger partial charge in [-0.1, -0.05) is 12.8 Å². The lowest BCUT2D eigenvalue weighted by atomic mass is 9.98. The number of aliphatic hydroxyl groups excluding tert-OH is 1. The van der Waals surface area contributed by atoms with Crippen molar-refractivity contribution in [3.05, 3.63) is 28.7 Å². The Hall–Kier alpha value is -2.88. The zero-order chi connectivity index (χ0) is 21.0. The lowest BCUT2D eigenvalue weighted by molar-refractivity contribution is -0.127. The van der Waals surface area contributed by atoms with Crippen molar-refractivity contribution in [1.29, 1.82) is 0 Å². The third-order valence-corrected chi connectivity index (χ3v) is 5.34. The monoisotopic (exact) mass is 406 g/mol. The fourth-order valence-corrected chi connectivity index (χ4v) is 3.63. The standard InChI is InChI=1S/C19H26N4O6/c20-19(28)29-15-2-1-7-23(18(15)27)14(8-11-3-4-11)17(26)22-13(10-24)9-12-5-6-21-16(12)25/h1-2,7,11-14,24H,3-6,8-10H2,(H2,20,28)(H,21,25)(H,22,26)/t12-,13-,14-/m0/s1. The SMILES string of the molecule is NC(=O)Oc1cccn([C@@H](CC2CC2)C(=O)N[C@H](CO)C[C@@H]2CCNC2=O)c1=O. The van der Waals surface area contributed by atoms with E-state index in [1.807, 2.05) is 0 Å². The Morgan fingerprint density at radius 2 is 2.07 bits per heavy atom. The van der Waals surface area contributed by atoms with Gasteiger partial charge in [0.15, 0.2) is 5.75 Å². The Labute approximate surface area is 167 Å². The summed E-state index contributed by atoms with van der Waals surface area (Å²) < 4.78 is 5.95. The van der Waals surface area contributed by atoms with Crippen molar-refractivity contribution in [1.82, 2.24) is 15.2 Å². The first-order valence-electron chi connectivity index (χ1n) is 9.76. The molecule has 10 heteroatoms. The van der Waals surface area contributed by atoms with Crippen molar-refractivity contribution in [2.45, 2.75) is 44.2 Å². The fraction of sp³-hybridized carbons (Fsp3) is 0.579. The van der Waals surface area contributed by atoms with E-state index in [1.165, 1.54) is 22.9 Å². The highest BCUT2D eigenvalue weighted by atomic mass is 16.5. The molecule has 29 heavy (non-hydrogen) atoms. The predicted molar refractivity (Wildman–Crippen MR) is 102 cm³/mol. The molecule has 0 aromatic carbocycles. The fourth-order valence-electron chi connectivity index (χ4n) is 3.63. The molecule has 0 unspecified atom stereocenters. The van der Waals surface area contributed by atoms with Crippen LogP contribution in [0.3, 0.4) is 0 Å². The Morgan fingerprint density at radius 3 is 2.66 bits per heavy atom. The first kappa shape index (κ1) is 20.8. The molecular formula is C19H26N4O6. The zero-order valence-electron chi connectivity index (χ0n) is 16.0. The van der Waals surface area contributed by atoms with Gasteiger partial charge in [0.05, 0.1) is 12.6 Å².